The lowest BCUT2D eigenvalue weighted by Gasteiger charge is -2.45. The van der Waals surface area contributed by atoms with Gasteiger partial charge in [0.1, 0.15) is 0 Å². The summed E-state index contributed by atoms with van der Waals surface area (Å²) < 4.78 is 10.9. The first-order valence-electron chi connectivity index (χ1n) is 6.66. The summed E-state index contributed by atoms with van der Waals surface area (Å²) in [4.78, 5) is 22.7. The fourth-order valence-electron chi connectivity index (χ4n) is 3.01. The molecule has 18 heavy (non-hydrogen) atoms. The minimum atomic E-state index is -1.07. The molecule has 1 rings (SSSR count). The summed E-state index contributed by atoms with van der Waals surface area (Å²) in [5.74, 6) is -1.09. The second-order valence-electron chi connectivity index (χ2n) is 5.74. The van der Waals surface area contributed by atoms with Crippen LogP contribution in [0.25, 0.3) is 0 Å². The SMILES string of the molecule is CC(=O)OC1(OC(C)=O)CC(C)CCC1C(C)C. The van der Waals surface area contributed by atoms with E-state index in [-0.39, 0.29) is 5.92 Å². The van der Waals surface area contributed by atoms with E-state index in [0.29, 0.717) is 18.3 Å². The molecule has 1 saturated carbocycles. The molecule has 0 amide bonds. The molecule has 1 aliphatic rings. The highest BCUT2D eigenvalue weighted by Crippen LogP contribution is 2.44. The lowest BCUT2D eigenvalue weighted by Crippen LogP contribution is -2.51. The first-order valence-corrected chi connectivity index (χ1v) is 6.66. The predicted octanol–water partition coefficient (Wildman–Crippen LogP) is 2.90. The van der Waals surface area contributed by atoms with Crippen LogP contribution in [0.5, 0.6) is 0 Å². The Balaban J connectivity index is 3.05. The smallest absolute Gasteiger partial charge is 0.305 e. The minimum absolute atomic E-state index is 0.0708. The quantitative estimate of drug-likeness (QED) is 0.575. The molecule has 0 aliphatic heterocycles. The third kappa shape index (κ3) is 3.47. The maximum absolute atomic E-state index is 11.4. The van der Waals surface area contributed by atoms with Gasteiger partial charge in [-0.3, -0.25) is 9.59 Å². The van der Waals surface area contributed by atoms with Gasteiger partial charge in [-0.1, -0.05) is 20.8 Å². The highest BCUT2D eigenvalue weighted by atomic mass is 16.7. The van der Waals surface area contributed by atoms with Gasteiger partial charge in [-0.25, -0.2) is 0 Å². The summed E-state index contributed by atoms with van der Waals surface area (Å²) in [5, 5.41) is 0. The Labute approximate surface area is 109 Å². The second kappa shape index (κ2) is 5.72. The van der Waals surface area contributed by atoms with Crippen molar-refractivity contribution in [3.05, 3.63) is 0 Å². The van der Waals surface area contributed by atoms with Gasteiger partial charge in [-0.2, -0.15) is 0 Å². The van der Waals surface area contributed by atoms with E-state index in [1.54, 1.807) is 0 Å². The van der Waals surface area contributed by atoms with E-state index in [9.17, 15) is 9.59 Å². The van der Waals surface area contributed by atoms with E-state index < -0.39 is 17.7 Å². The second-order valence-corrected chi connectivity index (χ2v) is 5.74. The van der Waals surface area contributed by atoms with E-state index in [4.69, 9.17) is 9.47 Å². The molecule has 0 bridgehead atoms. The van der Waals surface area contributed by atoms with Crippen LogP contribution in [0.1, 0.15) is 53.9 Å². The van der Waals surface area contributed by atoms with Crippen molar-refractivity contribution in [2.45, 2.75) is 59.7 Å². The number of carbonyl (C=O) groups is 2. The van der Waals surface area contributed by atoms with Crippen LogP contribution < -0.4 is 0 Å². The first-order chi connectivity index (χ1) is 8.27. The zero-order valence-electron chi connectivity index (χ0n) is 12.0. The average Bonchev–Trinajstić information content (AvgIpc) is 2.13. The van der Waals surface area contributed by atoms with E-state index in [1.807, 2.05) is 0 Å². The molecule has 2 atom stereocenters. The van der Waals surface area contributed by atoms with E-state index in [1.165, 1.54) is 13.8 Å². The molecule has 1 fully saturated rings. The largest absolute Gasteiger partial charge is 0.422 e. The third-order valence-corrected chi connectivity index (χ3v) is 3.61. The van der Waals surface area contributed by atoms with Crippen molar-refractivity contribution in [2.24, 2.45) is 17.8 Å². The number of hydrogen-bond acceptors (Lipinski definition) is 4. The van der Waals surface area contributed by atoms with Crippen LogP contribution in [0.2, 0.25) is 0 Å². The lowest BCUT2D eigenvalue weighted by molar-refractivity contribution is -0.266. The summed E-state index contributed by atoms with van der Waals surface area (Å²) in [6.45, 7) is 8.97. The number of ether oxygens (including phenoxy) is 2. The molecule has 4 heteroatoms. The number of hydrogen-bond donors (Lipinski definition) is 0. The zero-order valence-corrected chi connectivity index (χ0v) is 12.0. The molecule has 0 aromatic rings. The van der Waals surface area contributed by atoms with Crippen LogP contribution >= 0.6 is 0 Å². The average molecular weight is 256 g/mol. The lowest BCUT2D eigenvalue weighted by atomic mass is 9.72. The molecule has 0 radical (unpaired) electrons. The van der Waals surface area contributed by atoms with E-state index in [0.717, 1.165) is 12.8 Å². The Morgan fingerprint density at radius 3 is 2.00 bits per heavy atom. The third-order valence-electron chi connectivity index (χ3n) is 3.61. The summed E-state index contributed by atoms with van der Waals surface area (Å²) >= 11 is 0. The van der Waals surface area contributed by atoms with Crippen LogP contribution in [-0.4, -0.2) is 17.7 Å². The van der Waals surface area contributed by atoms with Crippen molar-refractivity contribution >= 4 is 11.9 Å². The van der Waals surface area contributed by atoms with Gasteiger partial charge < -0.3 is 9.47 Å². The van der Waals surface area contributed by atoms with Crippen molar-refractivity contribution in [3.63, 3.8) is 0 Å². The predicted molar refractivity (Wildman–Crippen MR) is 67.6 cm³/mol. The Hall–Kier alpha value is -1.06. The normalized spacial score (nSPS) is 26.8. The van der Waals surface area contributed by atoms with Crippen LogP contribution in [0.15, 0.2) is 0 Å². The molecule has 0 saturated heterocycles. The van der Waals surface area contributed by atoms with Crippen LogP contribution in [0.4, 0.5) is 0 Å². The minimum Gasteiger partial charge on any atom is -0.422 e. The van der Waals surface area contributed by atoms with Crippen molar-refractivity contribution < 1.29 is 19.1 Å². The Kier molecular flexibility index (Phi) is 4.77. The van der Waals surface area contributed by atoms with E-state index in [2.05, 4.69) is 20.8 Å². The number of carbonyl (C=O) groups excluding carboxylic acids is 2. The Bertz CT molecular complexity index is 306. The van der Waals surface area contributed by atoms with Crippen molar-refractivity contribution in [3.8, 4) is 0 Å². The van der Waals surface area contributed by atoms with Gasteiger partial charge in [0.25, 0.3) is 5.79 Å². The van der Waals surface area contributed by atoms with Crippen LogP contribution in [0.3, 0.4) is 0 Å². The number of esters is 2. The highest BCUT2D eigenvalue weighted by Gasteiger charge is 2.50. The zero-order chi connectivity index (χ0) is 13.9. The van der Waals surface area contributed by atoms with Gasteiger partial charge in [0.2, 0.25) is 0 Å². The molecular formula is C14H24O4. The molecular weight excluding hydrogens is 232 g/mol. The van der Waals surface area contributed by atoms with Crippen molar-refractivity contribution in [1.82, 2.24) is 0 Å². The maximum Gasteiger partial charge on any atom is 0.305 e. The molecule has 1 aliphatic carbocycles. The van der Waals surface area contributed by atoms with Gasteiger partial charge in [0.05, 0.1) is 0 Å². The monoisotopic (exact) mass is 256 g/mol. The van der Waals surface area contributed by atoms with Crippen LogP contribution in [-0.2, 0) is 19.1 Å². The summed E-state index contributed by atoms with van der Waals surface area (Å²) in [5.41, 5.74) is 0. The highest BCUT2D eigenvalue weighted by molar-refractivity contribution is 5.69. The molecule has 0 aromatic carbocycles. The van der Waals surface area contributed by atoms with Gasteiger partial charge in [-0.05, 0) is 24.7 Å². The summed E-state index contributed by atoms with van der Waals surface area (Å²) in [7, 11) is 0. The fourth-order valence-corrected chi connectivity index (χ4v) is 3.01. The molecule has 0 N–H and O–H groups in total. The molecule has 2 unspecified atom stereocenters. The van der Waals surface area contributed by atoms with Crippen LogP contribution in [0, 0.1) is 17.8 Å². The number of rotatable bonds is 3. The van der Waals surface area contributed by atoms with Gasteiger partial charge in [0.15, 0.2) is 0 Å². The Morgan fingerprint density at radius 2 is 1.61 bits per heavy atom. The molecule has 0 heterocycles. The molecule has 104 valence electrons. The summed E-state index contributed by atoms with van der Waals surface area (Å²) in [6, 6.07) is 0. The molecule has 0 spiro atoms. The molecule has 4 nitrogen and oxygen atoms in total. The topological polar surface area (TPSA) is 52.6 Å². The Morgan fingerprint density at radius 1 is 1.11 bits per heavy atom. The van der Waals surface area contributed by atoms with Gasteiger partial charge >= 0.3 is 11.9 Å². The van der Waals surface area contributed by atoms with Gasteiger partial charge in [0, 0.05) is 26.2 Å². The molecule has 0 aromatic heterocycles. The standard InChI is InChI=1S/C14H24O4/c1-9(2)13-7-6-10(3)8-14(13,17-11(4)15)18-12(5)16/h9-10,13H,6-8H2,1-5H3. The van der Waals surface area contributed by atoms with Crippen molar-refractivity contribution in [2.75, 3.05) is 0 Å². The summed E-state index contributed by atoms with van der Waals surface area (Å²) in [6.07, 6.45) is 2.58. The van der Waals surface area contributed by atoms with Gasteiger partial charge in [-0.15, -0.1) is 0 Å². The fraction of sp³-hybridized carbons (Fsp3) is 0.857. The van der Waals surface area contributed by atoms with E-state index >= 15 is 0 Å². The van der Waals surface area contributed by atoms with Crippen molar-refractivity contribution in [1.29, 1.82) is 0 Å². The first kappa shape index (κ1) is 15.0. The maximum atomic E-state index is 11.4.